The first kappa shape index (κ1) is 48.9. The molecule has 12 aromatic carbocycles. The Labute approximate surface area is 490 Å². The quantitative estimate of drug-likeness (QED) is 0.135. The zero-order valence-electron chi connectivity index (χ0n) is 47.2. The highest BCUT2D eigenvalue weighted by Gasteiger charge is 2.40. The molecule has 7 nitrogen and oxygen atoms in total. The number of hydrogen-bond acceptors (Lipinski definition) is 7. The number of fused-ring (bicyclic) bond motifs is 15. The van der Waals surface area contributed by atoms with Crippen molar-refractivity contribution in [2.45, 2.75) is 38.5 Å². The molecule has 15 aromatic rings. The summed E-state index contributed by atoms with van der Waals surface area (Å²) in [5.74, 6) is 3.11. The number of rotatable bonds is 10. The summed E-state index contributed by atoms with van der Waals surface area (Å²) in [6.45, 7) is 9.34. The standard InChI is InChI=1S/C78H54N2O5/c1-77(2)65-25-13-11-21-55(65)59-23-15-27-67(75(59)77)79(47-29-35-53(36-30-47)81-51-17-7-5-8-18-51)49-33-39-57-61-43-73-63(45-71(61)83-69(57)41-49)64-46-72-62(44-74(64)85-73)58-40-34-50(42-70(58)84-72)80(48-31-37-54(38-32-48)82-52-19-9-6-10-20-52)68-28-16-24-60-56-22-12-14-26-66(56)78(3,4)76(60)68/h5-46H,1-4H3. The number of nitrogens with zero attached hydrogens (tertiary/aromatic N) is 2. The van der Waals surface area contributed by atoms with E-state index in [0.717, 1.165) is 123 Å². The molecule has 0 fully saturated rings. The summed E-state index contributed by atoms with van der Waals surface area (Å²) in [6, 6.07) is 89.1. The summed E-state index contributed by atoms with van der Waals surface area (Å²) in [4.78, 5) is 4.72. The monoisotopic (exact) mass is 1100 g/mol. The van der Waals surface area contributed by atoms with Gasteiger partial charge < -0.3 is 32.5 Å². The third-order valence-corrected chi connectivity index (χ3v) is 17.9. The van der Waals surface area contributed by atoms with Crippen LogP contribution in [-0.4, -0.2) is 0 Å². The molecule has 0 spiro atoms. The maximum absolute atomic E-state index is 6.92. The fourth-order valence-corrected chi connectivity index (χ4v) is 14.0. The number of para-hydroxylation sites is 2. The van der Waals surface area contributed by atoms with E-state index >= 15 is 0 Å². The Morgan fingerprint density at radius 1 is 0.271 bits per heavy atom. The summed E-state index contributed by atoms with van der Waals surface area (Å²) < 4.78 is 33.2. The van der Waals surface area contributed by atoms with E-state index in [9.17, 15) is 0 Å². The van der Waals surface area contributed by atoms with E-state index in [-0.39, 0.29) is 10.8 Å². The first-order chi connectivity index (χ1) is 41.6. The molecule has 2 aliphatic carbocycles. The molecule has 0 bridgehead atoms. The minimum absolute atomic E-state index is 0.253. The van der Waals surface area contributed by atoms with Gasteiger partial charge >= 0.3 is 0 Å². The molecule has 0 saturated heterocycles. The highest BCUT2D eigenvalue weighted by molar-refractivity contribution is 6.19. The second-order valence-corrected chi connectivity index (χ2v) is 23.6. The second-order valence-electron chi connectivity index (χ2n) is 23.6. The summed E-state index contributed by atoms with van der Waals surface area (Å²) in [6.07, 6.45) is 0. The van der Waals surface area contributed by atoms with Crippen LogP contribution in [0.25, 0.3) is 88.1 Å². The first-order valence-electron chi connectivity index (χ1n) is 29.0. The van der Waals surface area contributed by atoms with Crippen molar-refractivity contribution in [3.63, 3.8) is 0 Å². The maximum Gasteiger partial charge on any atom is 0.137 e. The van der Waals surface area contributed by atoms with Gasteiger partial charge in [-0.25, -0.2) is 0 Å². The summed E-state index contributed by atoms with van der Waals surface area (Å²) in [5, 5.41) is 5.90. The van der Waals surface area contributed by atoms with Crippen molar-refractivity contribution >= 4 is 99.9 Å². The van der Waals surface area contributed by atoms with Gasteiger partial charge in [0.05, 0.1) is 11.4 Å². The summed E-state index contributed by atoms with van der Waals surface area (Å²) in [7, 11) is 0. The average molecular weight is 1100 g/mol. The molecular formula is C78H54N2O5. The van der Waals surface area contributed by atoms with Crippen molar-refractivity contribution < 1.29 is 22.7 Å². The van der Waals surface area contributed by atoms with Crippen LogP contribution < -0.4 is 19.3 Å². The van der Waals surface area contributed by atoms with Gasteiger partial charge in [-0.05, 0) is 178 Å². The van der Waals surface area contributed by atoms with Crippen LogP contribution in [0.1, 0.15) is 49.9 Å². The Hall–Kier alpha value is -10.8. The topological polar surface area (TPSA) is 64.4 Å². The van der Waals surface area contributed by atoms with E-state index in [0.29, 0.717) is 0 Å². The molecule has 7 heteroatoms. The molecule has 0 amide bonds. The third kappa shape index (κ3) is 7.59. The van der Waals surface area contributed by atoms with Gasteiger partial charge in [-0.2, -0.15) is 0 Å². The Kier molecular flexibility index (Phi) is 10.6. The van der Waals surface area contributed by atoms with Gasteiger partial charge in [0.2, 0.25) is 0 Å². The minimum Gasteiger partial charge on any atom is -0.457 e. The van der Waals surface area contributed by atoms with E-state index in [1.807, 2.05) is 84.9 Å². The fraction of sp³-hybridized carbons (Fsp3) is 0.0769. The van der Waals surface area contributed by atoms with Gasteiger partial charge in [-0.3, -0.25) is 0 Å². The van der Waals surface area contributed by atoms with E-state index in [1.54, 1.807) is 0 Å². The molecule has 406 valence electrons. The van der Waals surface area contributed by atoms with Gasteiger partial charge in [-0.15, -0.1) is 0 Å². The Morgan fingerprint density at radius 3 is 0.988 bits per heavy atom. The van der Waals surface area contributed by atoms with Crippen LogP contribution in [-0.2, 0) is 10.8 Å². The van der Waals surface area contributed by atoms with Crippen molar-refractivity contribution in [3.8, 4) is 45.3 Å². The molecule has 0 atom stereocenters. The summed E-state index contributed by atoms with van der Waals surface area (Å²) in [5.41, 5.74) is 20.6. The normalized spacial score (nSPS) is 13.6. The molecule has 85 heavy (non-hydrogen) atoms. The van der Waals surface area contributed by atoms with Crippen LogP contribution >= 0.6 is 0 Å². The van der Waals surface area contributed by atoms with Crippen LogP contribution in [0.15, 0.2) is 268 Å². The Morgan fingerprint density at radius 2 is 0.588 bits per heavy atom. The second kappa shape index (κ2) is 18.4. The molecule has 17 rings (SSSR count). The molecule has 0 saturated carbocycles. The highest BCUT2D eigenvalue weighted by Crippen LogP contribution is 2.57. The molecule has 2 aliphatic rings. The van der Waals surface area contributed by atoms with Crippen LogP contribution in [0.4, 0.5) is 34.1 Å². The van der Waals surface area contributed by atoms with Crippen LogP contribution in [0.2, 0.25) is 0 Å². The van der Waals surface area contributed by atoms with Gasteiger partial charge in [0.15, 0.2) is 0 Å². The van der Waals surface area contributed by atoms with Gasteiger partial charge in [0.1, 0.15) is 56.5 Å². The number of benzene rings is 12. The van der Waals surface area contributed by atoms with Crippen LogP contribution in [0.5, 0.6) is 23.0 Å². The van der Waals surface area contributed by atoms with E-state index in [1.165, 1.54) is 44.5 Å². The maximum atomic E-state index is 6.92. The Balaban J connectivity index is 0.758. The zero-order chi connectivity index (χ0) is 56.7. The summed E-state index contributed by atoms with van der Waals surface area (Å²) >= 11 is 0. The van der Waals surface area contributed by atoms with E-state index in [2.05, 4.69) is 207 Å². The van der Waals surface area contributed by atoms with Crippen molar-refractivity contribution in [1.29, 1.82) is 0 Å². The van der Waals surface area contributed by atoms with Gasteiger partial charge in [0, 0.05) is 78.0 Å². The van der Waals surface area contributed by atoms with Crippen molar-refractivity contribution in [3.05, 3.63) is 277 Å². The minimum atomic E-state index is -0.253. The van der Waals surface area contributed by atoms with Crippen LogP contribution in [0, 0.1) is 0 Å². The molecule has 0 aliphatic heterocycles. The molecule has 0 radical (unpaired) electrons. The molecule has 0 unspecified atom stereocenters. The lowest BCUT2D eigenvalue weighted by Crippen LogP contribution is -2.20. The van der Waals surface area contributed by atoms with Crippen LogP contribution in [0.3, 0.4) is 0 Å². The Bertz CT molecular complexity index is 4860. The van der Waals surface area contributed by atoms with Crippen molar-refractivity contribution in [1.82, 2.24) is 0 Å². The molecule has 3 heterocycles. The first-order valence-corrected chi connectivity index (χ1v) is 29.0. The number of ether oxygens (including phenoxy) is 2. The fourth-order valence-electron chi connectivity index (χ4n) is 14.0. The number of furan rings is 3. The largest absolute Gasteiger partial charge is 0.457 e. The van der Waals surface area contributed by atoms with Gasteiger partial charge in [-0.1, -0.05) is 137 Å². The molecular weight excluding hydrogens is 1040 g/mol. The lowest BCUT2D eigenvalue weighted by molar-refractivity contribution is 0.482. The van der Waals surface area contributed by atoms with E-state index < -0.39 is 0 Å². The lowest BCUT2D eigenvalue weighted by atomic mass is 9.81. The lowest BCUT2D eigenvalue weighted by Gasteiger charge is -2.32. The van der Waals surface area contributed by atoms with E-state index in [4.69, 9.17) is 22.7 Å². The third-order valence-electron chi connectivity index (χ3n) is 17.9. The number of anilines is 6. The predicted octanol–water partition coefficient (Wildman–Crippen LogP) is 22.5. The SMILES string of the molecule is CC1(C)c2ccccc2-c2cccc(N(c3ccc(Oc4ccccc4)cc3)c3ccc4c(c3)oc3cc5c(cc34)oc3cc4c(cc35)oc3cc(N(c5ccc(Oc6ccccc6)cc5)c5cccc6c5C(C)(C)c5ccccc5-6)ccc34)c21. The smallest absolute Gasteiger partial charge is 0.137 e. The number of hydrogen-bond donors (Lipinski definition) is 0. The van der Waals surface area contributed by atoms with Gasteiger partial charge in [0.25, 0.3) is 0 Å². The predicted molar refractivity (Wildman–Crippen MR) is 346 cm³/mol. The highest BCUT2D eigenvalue weighted by atomic mass is 16.5. The molecule has 3 aromatic heterocycles. The zero-order valence-corrected chi connectivity index (χ0v) is 47.2. The molecule has 0 N–H and O–H groups in total. The van der Waals surface area contributed by atoms with Crippen molar-refractivity contribution in [2.75, 3.05) is 9.80 Å². The van der Waals surface area contributed by atoms with Crippen molar-refractivity contribution in [2.24, 2.45) is 0 Å². The average Bonchev–Trinajstić information content (AvgIpc) is 1.82.